The van der Waals surface area contributed by atoms with Crippen molar-refractivity contribution in [1.29, 1.82) is 0 Å². The van der Waals surface area contributed by atoms with Crippen LogP contribution >= 0.6 is 0 Å². The van der Waals surface area contributed by atoms with Gasteiger partial charge < -0.3 is 24.8 Å². The number of aliphatic imine (C=N–C) groups is 1. The molecule has 9 heteroatoms. The van der Waals surface area contributed by atoms with Crippen molar-refractivity contribution in [3.8, 4) is 5.75 Å². The third-order valence-corrected chi connectivity index (χ3v) is 3.56. The van der Waals surface area contributed by atoms with Gasteiger partial charge in [0.15, 0.2) is 5.96 Å². The van der Waals surface area contributed by atoms with Crippen molar-refractivity contribution in [2.24, 2.45) is 4.99 Å². The van der Waals surface area contributed by atoms with E-state index in [0.29, 0.717) is 38.9 Å². The molecule has 1 rings (SSSR count). The van der Waals surface area contributed by atoms with E-state index >= 15 is 0 Å². The van der Waals surface area contributed by atoms with Gasteiger partial charge in [0, 0.05) is 26.8 Å². The van der Waals surface area contributed by atoms with E-state index in [2.05, 4.69) is 15.6 Å². The molecule has 0 aliphatic carbocycles. The van der Waals surface area contributed by atoms with Crippen LogP contribution < -0.4 is 15.4 Å². The van der Waals surface area contributed by atoms with Gasteiger partial charge in [-0.3, -0.25) is 0 Å². The average molecular weight is 391 g/mol. The maximum absolute atomic E-state index is 13.3. The largest absolute Gasteiger partial charge is 0.497 e. The Morgan fingerprint density at radius 2 is 1.89 bits per heavy atom. The number of alkyl halides is 3. The minimum atomic E-state index is -4.47. The highest BCUT2D eigenvalue weighted by Gasteiger charge is 2.33. The summed E-state index contributed by atoms with van der Waals surface area (Å²) in [5.74, 6) is 0.617. The number of hydrogen-bond donors (Lipinski definition) is 2. The molecule has 0 spiro atoms. The monoisotopic (exact) mass is 391 g/mol. The van der Waals surface area contributed by atoms with Crippen molar-refractivity contribution < 1.29 is 27.4 Å². The summed E-state index contributed by atoms with van der Waals surface area (Å²) in [6.07, 6.45) is -3.73. The van der Waals surface area contributed by atoms with Crippen LogP contribution in [0.4, 0.5) is 13.2 Å². The van der Waals surface area contributed by atoms with Crippen LogP contribution in [-0.2, 0) is 22.2 Å². The van der Waals surface area contributed by atoms with E-state index in [0.717, 1.165) is 12.5 Å². The van der Waals surface area contributed by atoms with Crippen molar-refractivity contribution in [3.63, 3.8) is 0 Å². The number of nitrogens with zero attached hydrogens (tertiary/aromatic N) is 1. The molecule has 0 heterocycles. The van der Waals surface area contributed by atoms with Crippen LogP contribution in [0.3, 0.4) is 0 Å². The Morgan fingerprint density at radius 3 is 2.52 bits per heavy atom. The van der Waals surface area contributed by atoms with Gasteiger partial charge in [0.25, 0.3) is 0 Å². The molecule has 2 N–H and O–H groups in total. The zero-order valence-electron chi connectivity index (χ0n) is 16.0. The van der Waals surface area contributed by atoms with E-state index in [1.807, 2.05) is 6.92 Å². The van der Waals surface area contributed by atoms with Crippen molar-refractivity contribution in [2.45, 2.75) is 26.1 Å². The number of benzene rings is 1. The van der Waals surface area contributed by atoms with E-state index < -0.39 is 11.7 Å². The summed E-state index contributed by atoms with van der Waals surface area (Å²) in [5, 5.41) is 6.10. The van der Waals surface area contributed by atoms with Crippen LogP contribution in [0.25, 0.3) is 0 Å². The quantitative estimate of drug-likeness (QED) is 0.345. The first-order valence-electron chi connectivity index (χ1n) is 8.75. The Morgan fingerprint density at radius 1 is 1.11 bits per heavy atom. The molecule has 0 bridgehead atoms. The highest BCUT2D eigenvalue weighted by atomic mass is 19.4. The molecular weight excluding hydrogens is 363 g/mol. The molecule has 0 atom stereocenters. The summed E-state index contributed by atoms with van der Waals surface area (Å²) in [6.45, 7) is 4.62. The Balaban J connectivity index is 2.66. The molecule has 0 aliphatic rings. The number of rotatable bonds is 11. The van der Waals surface area contributed by atoms with E-state index in [9.17, 15) is 13.2 Å². The molecule has 6 nitrogen and oxygen atoms in total. The van der Waals surface area contributed by atoms with Crippen LogP contribution in [0.2, 0.25) is 0 Å². The first kappa shape index (κ1) is 23.0. The van der Waals surface area contributed by atoms with Crippen LogP contribution in [-0.4, -0.2) is 53.1 Å². The molecule has 0 aromatic heterocycles. The second-order valence-corrected chi connectivity index (χ2v) is 5.60. The molecule has 0 fully saturated rings. The molecule has 1 aromatic rings. The Kier molecular flexibility index (Phi) is 10.6. The predicted octanol–water partition coefficient (Wildman–Crippen LogP) is 2.82. The van der Waals surface area contributed by atoms with Crippen molar-refractivity contribution in [2.75, 3.05) is 47.1 Å². The van der Waals surface area contributed by atoms with Crippen molar-refractivity contribution in [1.82, 2.24) is 10.6 Å². The fraction of sp³-hybridized carbons (Fsp3) is 0.611. The van der Waals surface area contributed by atoms with Crippen LogP contribution in [0.1, 0.15) is 24.5 Å². The van der Waals surface area contributed by atoms with E-state index in [-0.39, 0.29) is 17.9 Å². The van der Waals surface area contributed by atoms with Crippen molar-refractivity contribution in [3.05, 3.63) is 29.3 Å². The number of ether oxygens (including phenoxy) is 3. The van der Waals surface area contributed by atoms with Gasteiger partial charge in [-0.05, 0) is 31.0 Å². The van der Waals surface area contributed by atoms with Gasteiger partial charge in [-0.25, -0.2) is 4.99 Å². The first-order valence-corrected chi connectivity index (χ1v) is 8.75. The van der Waals surface area contributed by atoms with Gasteiger partial charge in [-0.15, -0.1) is 0 Å². The summed E-state index contributed by atoms with van der Waals surface area (Å²) >= 11 is 0. The standard InChI is InChI=1S/C18H28F3N3O3/c1-4-22-17(23-8-5-9-27-11-10-25-2)24-13-14-6-7-15(26-3)12-16(14)18(19,20)21/h6-7,12H,4-5,8-11,13H2,1-3H3,(H2,22,23,24). The molecule has 0 amide bonds. The van der Waals surface area contributed by atoms with Gasteiger partial charge in [-0.1, -0.05) is 6.07 Å². The molecule has 0 unspecified atom stereocenters. The van der Waals surface area contributed by atoms with E-state index in [4.69, 9.17) is 14.2 Å². The first-order chi connectivity index (χ1) is 12.9. The second-order valence-electron chi connectivity index (χ2n) is 5.60. The lowest BCUT2D eigenvalue weighted by Gasteiger charge is -2.15. The molecular formula is C18H28F3N3O3. The SMILES string of the molecule is CCNC(=NCc1ccc(OC)cc1C(F)(F)F)NCCCOCCOC. The third-order valence-electron chi connectivity index (χ3n) is 3.56. The van der Waals surface area contributed by atoms with Gasteiger partial charge in [0.05, 0.1) is 32.4 Å². The zero-order chi connectivity index (χ0) is 20.1. The van der Waals surface area contributed by atoms with Crippen LogP contribution in [0.5, 0.6) is 5.75 Å². The number of nitrogens with one attached hydrogen (secondary N) is 2. The lowest BCUT2D eigenvalue weighted by atomic mass is 10.1. The smallest absolute Gasteiger partial charge is 0.416 e. The van der Waals surface area contributed by atoms with Gasteiger partial charge in [0.2, 0.25) is 0 Å². The maximum atomic E-state index is 13.3. The summed E-state index contributed by atoms with van der Waals surface area (Å²) in [4.78, 5) is 4.25. The molecule has 27 heavy (non-hydrogen) atoms. The molecule has 154 valence electrons. The highest BCUT2D eigenvalue weighted by molar-refractivity contribution is 5.79. The van der Waals surface area contributed by atoms with Gasteiger partial charge in [0.1, 0.15) is 5.75 Å². The summed E-state index contributed by atoms with van der Waals surface area (Å²) in [7, 11) is 2.94. The topological polar surface area (TPSA) is 64.1 Å². The minimum absolute atomic E-state index is 0.0865. The molecule has 1 aromatic carbocycles. The predicted molar refractivity (Wildman–Crippen MR) is 98.1 cm³/mol. The number of halogens is 3. The molecule has 0 radical (unpaired) electrons. The molecule has 0 aliphatic heterocycles. The second kappa shape index (κ2) is 12.4. The fourth-order valence-corrected chi connectivity index (χ4v) is 2.22. The highest BCUT2D eigenvalue weighted by Crippen LogP contribution is 2.34. The maximum Gasteiger partial charge on any atom is 0.416 e. The summed E-state index contributed by atoms with van der Waals surface area (Å²) < 4.78 is 54.9. The molecule has 0 saturated heterocycles. The van der Waals surface area contributed by atoms with Gasteiger partial charge in [-0.2, -0.15) is 13.2 Å². The lowest BCUT2D eigenvalue weighted by molar-refractivity contribution is -0.138. The van der Waals surface area contributed by atoms with E-state index in [1.165, 1.54) is 19.2 Å². The van der Waals surface area contributed by atoms with Crippen LogP contribution in [0.15, 0.2) is 23.2 Å². The fourth-order valence-electron chi connectivity index (χ4n) is 2.22. The van der Waals surface area contributed by atoms with Crippen molar-refractivity contribution >= 4 is 5.96 Å². The van der Waals surface area contributed by atoms with E-state index in [1.54, 1.807) is 7.11 Å². The Labute approximate surface area is 158 Å². The number of hydrogen-bond acceptors (Lipinski definition) is 4. The lowest BCUT2D eigenvalue weighted by Crippen LogP contribution is -2.38. The van der Waals surface area contributed by atoms with Crippen LogP contribution in [0, 0.1) is 0 Å². The summed E-state index contributed by atoms with van der Waals surface area (Å²) in [6, 6.07) is 3.87. The molecule has 0 saturated carbocycles. The summed E-state index contributed by atoms with van der Waals surface area (Å²) in [5.41, 5.74) is -0.656. The minimum Gasteiger partial charge on any atom is -0.497 e. The zero-order valence-corrected chi connectivity index (χ0v) is 16.0. The van der Waals surface area contributed by atoms with Gasteiger partial charge >= 0.3 is 6.18 Å². The normalized spacial score (nSPS) is 12.1. The number of guanidine groups is 1. The average Bonchev–Trinajstić information content (AvgIpc) is 2.64. The number of methoxy groups -OCH3 is 2. The third kappa shape index (κ3) is 8.96. The Hall–Kier alpha value is -2.00. The Bertz CT molecular complexity index is 581.